The first kappa shape index (κ1) is 16.2. The minimum absolute atomic E-state index is 0.232. The van der Waals surface area contributed by atoms with Crippen molar-refractivity contribution in [2.45, 2.75) is 58.8 Å². The van der Waals surface area contributed by atoms with Gasteiger partial charge in [-0.15, -0.1) is 0 Å². The van der Waals surface area contributed by atoms with E-state index in [1.165, 1.54) is 0 Å². The molecule has 1 unspecified atom stereocenters. The summed E-state index contributed by atoms with van der Waals surface area (Å²) in [6.45, 7) is 12.0. The molecule has 1 atom stereocenters. The highest BCUT2D eigenvalue weighted by Crippen LogP contribution is 2.08. The molecule has 17 heavy (non-hydrogen) atoms. The van der Waals surface area contributed by atoms with E-state index in [-0.39, 0.29) is 11.6 Å². The Morgan fingerprint density at radius 2 is 1.71 bits per heavy atom. The van der Waals surface area contributed by atoms with Gasteiger partial charge in [-0.3, -0.25) is 0 Å². The summed E-state index contributed by atoms with van der Waals surface area (Å²) < 4.78 is 10.7. The lowest BCUT2D eigenvalue weighted by atomic mass is 10.2. The molecular weight excluding hydrogens is 220 g/mol. The predicted octanol–water partition coefficient (Wildman–Crippen LogP) is 1.65. The van der Waals surface area contributed by atoms with E-state index in [9.17, 15) is 4.79 Å². The first-order valence-electron chi connectivity index (χ1n) is 5.87. The molecular formula is C12H26N2O3. The summed E-state index contributed by atoms with van der Waals surface area (Å²) in [5.41, 5.74) is 4.81. The zero-order chi connectivity index (χ0) is 13.7. The minimum atomic E-state index is -0.506. The first-order chi connectivity index (χ1) is 7.53. The van der Waals surface area contributed by atoms with Crippen molar-refractivity contribution in [3.05, 3.63) is 0 Å². The number of alkyl carbamates (subject to hydrolysis) is 1. The minimum Gasteiger partial charge on any atom is -0.444 e. The van der Waals surface area contributed by atoms with Crippen LogP contribution in [0.3, 0.4) is 0 Å². The largest absolute Gasteiger partial charge is 0.444 e. The topological polar surface area (TPSA) is 73.6 Å². The van der Waals surface area contributed by atoms with E-state index in [1.807, 2.05) is 41.5 Å². The van der Waals surface area contributed by atoms with Crippen LogP contribution in [0.4, 0.5) is 4.79 Å². The highest BCUT2D eigenvalue weighted by atomic mass is 16.6. The van der Waals surface area contributed by atoms with Gasteiger partial charge in [-0.2, -0.15) is 0 Å². The third-order valence-corrected chi connectivity index (χ3v) is 1.72. The Kier molecular flexibility index (Phi) is 5.92. The molecule has 0 bridgehead atoms. The average Bonchev–Trinajstić information content (AvgIpc) is 2.07. The Bertz CT molecular complexity index is 241. The molecule has 5 nitrogen and oxygen atoms in total. The molecule has 0 aliphatic rings. The number of ether oxygens (including phenoxy) is 2. The van der Waals surface area contributed by atoms with Gasteiger partial charge in [-0.1, -0.05) is 0 Å². The number of hydrogen-bond acceptors (Lipinski definition) is 4. The van der Waals surface area contributed by atoms with Crippen LogP contribution in [0.2, 0.25) is 0 Å². The second-order valence-electron chi connectivity index (χ2n) is 6.00. The Morgan fingerprint density at radius 3 is 2.06 bits per heavy atom. The molecule has 0 fully saturated rings. The smallest absolute Gasteiger partial charge is 0.407 e. The van der Waals surface area contributed by atoms with Crippen molar-refractivity contribution in [1.82, 2.24) is 5.32 Å². The molecule has 1 amide bonds. The highest BCUT2D eigenvalue weighted by molar-refractivity contribution is 5.68. The van der Waals surface area contributed by atoms with Crippen LogP contribution in [0.5, 0.6) is 0 Å². The van der Waals surface area contributed by atoms with Crippen LogP contribution < -0.4 is 11.1 Å². The summed E-state index contributed by atoms with van der Waals surface area (Å²) in [7, 11) is 0. The van der Waals surface area contributed by atoms with Crippen LogP contribution in [0.25, 0.3) is 0 Å². The molecule has 0 saturated carbocycles. The van der Waals surface area contributed by atoms with Crippen LogP contribution in [0.15, 0.2) is 0 Å². The molecule has 0 aliphatic heterocycles. The van der Waals surface area contributed by atoms with Crippen molar-refractivity contribution in [1.29, 1.82) is 0 Å². The molecule has 0 radical (unpaired) electrons. The van der Waals surface area contributed by atoms with Crippen molar-refractivity contribution in [3.63, 3.8) is 0 Å². The van der Waals surface area contributed by atoms with Gasteiger partial charge in [-0.05, 0) is 41.5 Å². The molecule has 0 saturated heterocycles. The lowest BCUT2D eigenvalue weighted by molar-refractivity contribution is -0.0159. The Morgan fingerprint density at radius 1 is 1.18 bits per heavy atom. The van der Waals surface area contributed by atoms with E-state index < -0.39 is 11.7 Å². The molecule has 0 aromatic carbocycles. The lowest BCUT2D eigenvalue weighted by Gasteiger charge is -2.26. The highest BCUT2D eigenvalue weighted by Gasteiger charge is 2.20. The van der Waals surface area contributed by atoms with Gasteiger partial charge in [0.1, 0.15) is 5.60 Å². The number of carbonyl (C=O) groups excluding carboxylic acids is 1. The summed E-state index contributed by atoms with van der Waals surface area (Å²) >= 11 is 0. The van der Waals surface area contributed by atoms with Crippen molar-refractivity contribution in [2.75, 3.05) is 13.2 Å². The first-order valence-corrected chi connectivity index (χ1v) is 5.87. The molecule has 5 heteroatoms. The fourth-order valence-corrected chi connectivity index (χ4v) is 0.993. The van der Waals surface area contributed by atoms with Crippen molar-refractivity contribution >= 4 is 6.09 Å². The molecule has 102 valence electrons. The molecule has 0 heterocycles. The van der Waals surface area contributed by atoms with Crippen LogP contribution in [0, 0.1) is 0 Å². The maximum atomic E-state index is 11.5. The zero-order valence-corrected chi connectivity index (χ0v) is 11.8. The van der Waals surface area contributed by atoms with E-state index in [0.717, 1.165) is 0 Å². The molecule has 0 aliphatic carbocycles. The van der Waals surface area contributed by atoms with Crippen LogP contribution in [-0.2, 0) is 9.47 Å². The Labute approximate surface area is 104 Å². The summed E-state index contributed by atoms with van der Waals surface area (Å²) in [5.74, 6) is 0. The van der Waals surface area contributed by atoms with E-state index in [0.29, 0.717) is 13.2 Å². The summed E-state index contributed by atoms with van der Waals surface area (Å²) in [5, 5.41) is 2.68. The summed E-state index contributed by atoms with van der Waals surface area (Å²) in [6.07, 6.45) is -0.467. The third kappa shape index (κ3) is 10.1. The number of hydrogen-bond donors (Lipinski definition) is 2. The molecule has 3 N–H and O–H groups in total. The fraction of sp³-hybridized carbons (Fsp3) is 0.917. The number of nitrogens with two attached hydrogens (primary N) is 1. The SMILES string of the molecule is CC(C)(C)OCC(CN)NC(=O)OC(C)(C)C. The third-order valence-electron chi connectivity index (χ3n) is 1.72. The van der Waals surface area contributed by atoms with E-state index in [4.69, 9.17) is 15.2 Å². The average molecular weight is 246 g/mol. The molecule has 0 aromatic rings. The maximum absolute atomic E-state index is 11.5. The number of amides is 1. The summed E-state index contributed by atoms with van der Waals surface area (Å²) in [4.78, 5) is 11.5. The Balaban J connectivity index is 4.09. The molecule has 0 rings (SSSR count). The van der Waals surface area contributed by atoms with Gasteiger partial charge in [-0.25, -0.2) is 4.79 Å². The van der Waals surface area contributed by atoms with Gasteiger partial charge >= 0.3 is 6.09 Å². The number of nitrogens with one attached hydrogen (secondary N) is 1. The van der Waals surface area contributed by atoms with Gasteiger partial charge in [0, 0.05) is 6.54 Å². The zero-order valence-electron chi connectivity index (χ0n) is 11.8. The standard InChI is InChI=1S/C12H26N2O3/c1-11(2,3)16-8-9(7-13)14-10(15)17-12(4,5)6/h9H,7-8,13H2,1-6H3,(H,14,15). The van der Waals surface area contributed by atoms with E-state index >= 15 is 0 Å². The monoisotopic (exact) mass is 246 g/mol. The van der Waals surface area contributed by atoms with Gasteiger partial charge in [0.25, 0.3) is 0 Å². The van der Waals surface area contributed by atoms with Crippen LogP contribution in [0.1, 0.15) is 41.5 Å². The second kappa shape index (κ2) is 6.21. The fourth-order valence-electron chi connectivity index (χ4n) is 0.993. The maximum Gasteiger partial charge on any atom is 0.407 e. The Hall–Kier alpha value is -0.810. The van der Waals surface area contributed by atoms with E-state index in [1.54, 1.807) is 0 Å². The molecule has 0 spiro atoms. The van der Waals surface area contributed by atoms with Crippen molar-refractivity contribution < 1.29 is 14.3 Å². The van der Waals surface area contributed by atoms with E-state index in [2.05, 4.69) is 5.32 Å². The normalized spacial score (nSPS) is 14.3. The number of carbonyl (C=O) groups is 1. The number of rotatable bonds is 4. The van der Waals surface area contributed by atoms with Gasteiger partial charge in [0.15, 0.2) is 0 Å². The predicted molar refractivity (Wildman–Crippen MR) is 67.9 cm³/mol. The summed E-state index contributed by atoms with van der Waals surface area (Å²) in [6, 6.07) is -0.232. The van der Waals surface area contributed by atoms with Gasteiger partial charge in [0.2, 0.25) is 0 Å². The van der Waals surface area contributed by atoms with Crippen molar-refractivity contribution in [3.8, 4) is 0 Å². The molecule has 0 aromatic heterocycles. The lowest BCUT2D eigenvalue weighted by Crippen LogP contribution is -2.46. The van der Waals surface area contributed by atoms with Crippen LogP contribution in [-0.4, -0.2) is 36.5 Å². The second-order valence-corrected chi connectivity index (χ2v) is 6.00. The van der Waals surface area contributed by atoms with Crippen LogP contribution >= 0.6 is 0 Å². The van der Waals surface area contributed by atoms with Gasteiger partial charge in [0.05, 0.1) is 18.2 Å². The van der Waals surface area contributed by atoms with Gasteiger partial charge < -0.3 is 20.5 Å². The quantitative estimate of drug-likeness (QED) is 0.791. The van der Waals surface area contributed by atoms with Crippen molar-refractivity contribution in [2.24, 2.45) is 5.73 Å².